The van der Waals surface area contributed by atoms with Crippen LogP contribution >= 0.6 is 0 Å². The topological polar surface area (TPSA) is 3.24 Å². The third-order valence-electron chi connectivity index (χ3n) is 8.15. The van der Waals surface area contributed by atoms with Crippen LogP contribution < -0.4 is 0 Å². The maximum absolute atomic E-state index is 2.55. The molecule has 1 aliphatic heterocycles. The zero-order valence-electron chi connectivity index (χ0n) is 24.6. The summed E-state index contributed by atoms with van der Waals surface area (Å²) in [6, 6.07) is 0. The maximum Gasteiger partial charge on any atom is 0.00474 e. The molecule has 1 aliphatic rings. The molecule has 1 saturated heterocycles. The Morgan fingerprint density at radius 1 is 0.457 bits per heavy atom. The van der Waals surface area contributed by atoms with Crippen LogP contribution in [0.3, 0.4) is 0 Å². The van der Waals surface area contributed by atoms with Crippen molar-refractivity contribution in [3.63, 3.8) is 0 Å². The van der Waals surface area contributed by atoms with E-state index in [-0.39, 0.29) is 0 Å². The number of hydrogen-bond acceptors (Lipinski definition) is 1. The van der Waals surface area contributed by atoms with Gasteiger partial charge in [-0.1, -0.05) is 128 Å². The Bertz CT molecular complexity index is 447. The molecule has 0 amide bonds. The van der Waals surface area contributed by atoms with E-state index in [9.17, 15) is 0 Å². The monoisotopic (exact) mass is 488 g/mol. The minimum atomic E-state index is 0.680. The molecule has 0 bridgehead atoms. The van der Waals surface area contributed by atoms with E-state index >= 15 is 0 Å². The van der Waals surface area contributed by atoms with Gasteiger partial charge in [0, 0.05) is 13.1 Å². The molecular formula is C34H65N. The number of hydrogen-bond donors (Lipinski definition) is 0. The molecule has 0 saturated carbocycles. The molecule has 0 aromatic carbocycles. The van der Waals surface area contributed by atoms with Crippen molar-refractivity contribution < 1.29 is 0 Å². The van der Waals surface area contributed by atoms with Crippen molar-refractivity contribution in [2.45, 2.75) is 168 Å². The van der Waals surface area contributed by atoms with E-state index in [1.807, 2.05) is 0 Å². The second-order valence-electron chi connectivity index (χ2n) is 11.9. The largest absolute Gasteiger partial charge is 0.305 e. The number of likely N-dealkylation sites (tertiary alicyclic amines) is 1. The molecule has 0 spiro atoms. The van der Waals surface area contributed by atoms with Crippen LogP contribution in [0, 0.1) is 5.41 Å². The van der Waals surface area contributed by atoms with Crippen molar-refractivity contribution in [1.82, 2.24) is 4.90 Å². The highest BCUT2D eigenvalue weighted by atomic mass is 15.2. The molecule has 35 heavy (non-hydrogen) atoms. The van der Waals surface area contributed by atoms with Gasteiger partial charge < -0.3 is 4.90 Å². The Balaban J connectivity index is 1.93. The quantitative estimate of drug-likeness (QED) is 0.0865. The molecule has 0 unspecified atom stereocenters. The van der Waals surface area contributed by atoms with Crippen LogP contribution in [0.5, 0.6) is 0 Å². The van der Waals surface area contributed by atoms with Gasteiger partial charge in [0.15, 0.2) is 0 Å². The molecule has 0 N–H and O–H groups in total. The van der Waals surface area contributed by atoms with Gasteiger partial charge in [0.1, 0.15) is 0 Å². The smallest absolute Gasteiger partial charge is 0.00474 e. The fourth-order valence-corrected chi connectivity index (χ4v) is 5.97. The first-order valence-corrected chi connectivity index (χ1v) is 16.2. The predicted molar refractivity (Wildman–Crippen MR) is 160 cm³/mol. The summed E-state index contributed by atoms with van der Waals surface area (Å²) in [5, 5.41) is 0. The van der Waals surface area contributed by atoms with E-state index in [1.54, 1.807) is 0 Å². The molecule has 206 valence electrons. The maximum atomic E-state index is 2.55. The molecule has 0 aliphatic carbocycles. The Morgan fingerprint density at radius 2 is 0.771 bits per heavy atom. The first kappa shape index (κ1) is 32.5. The van der Waals surface area contributed by atoms with E-state index < -0.39 is 0 Å². The van der Waals surface area contributed by atoms with Gasteiger partial charge in [0.05, 0.1) is 0 Å². The molecular weight excluding hydrogens is 422 g/mol. The SMILES string of the molecule is CCCCC/C=C/CCCCCCCCC1(CCCCCCCC/C=C/CCCCC)CN(C)C1. The lowest BCUT2D eigenvalue weighted by atomic mass is 9.72. The fourth-order valence-electron chi connectivity index (χ4n) is 5.97. The van der Waals surface area contributed by atoms with E-state index in [0.29, 0.717) is 5.41 Å². The predicted octanol–water partition coefficient (Wildman–Crippen LogP) is 11.4. The van der Waals surface area contributed by atoms with E-state index in [4.69, 9.17) is 0 Å². The van der Waals surface area contributed by atoms with Gasteiger partial charge >= 0.3 is 0 Å². The highest BCUT2D eigenvalue weighted by Crippen LogP contribution is 2.40. The molecule has 1 rings (SSSR count). The van der Waals surface area contributed by atoms with Crippen LogP contribution in [0.1, 0.15) is 168 Å². The third kappa shape index (κ3) is 19.2. The van der Waals surface area contributed by atoms with Crippen LogP contribution in [0.25, 0.3) is 0 Å². The molecule has 1 heterocycles. The first-order valence-electron chi connectivity index (χ1n) is 16.2. The number of allylic oxidation sites excluding steroid dienone is 4. The number of unbranched alkanes of at least 4 members (excludes halogenated alkanes) is 18. The minimum Gasteiger partial charge on any atom is -0.305 e. The minimum absolute atomic E-state index is 0.680. The van der Waals surface area contributed by atoms with Crippen LogP contribution in [-0.2, 0) is 0 Å². The van der Waals surface area contributed by atoms with E-state index in [1.165, 1.54) is 167 Å². The second-order valence-corrected chi connectivity index (χ2v) is 11.9. The summed E-state index contributed by atoms with van der Waals surface area (Å²) in [6.07, 6.45) is 43.4. The van der Waals surface area contributed by atoms with Gasteiger partial charge in [-0.05, 0) is 76.7 Å². The molecule has 1 heteroatoms. The lowest BCUT2D eigenvalue weighted by Gasteiger charge is -2.49. The van der Waals surface area contributed by atoms with Crippen molar-refractivity contribution in [3.8, 4) is 0 Å². The van der Waals surface area contributed by atoms with Crippen LogP contribution in [0.15, 0.2) is 24.3 Å². The van der Waals surface area contributed by atoms with Crippen LogP contribution in [0.4, 0.5) is 0 Å². The van der Waals surface area contributed by atoms with E-state index in [0.717, 1.165) is 0 Å². The molecule has 0 atom stereocenters. The highest BCUT2D eigenvalue weighted by molar-refractivity contribution is 4.93. The average molecular weight is 488 g/mol. The molecule has 0 aromatic heterocycles. The number of rotatable bonds is 26. The van der Waals surface area contributed by atoms with Crippen LogP contribution in [-0.4, -0.2) is 25.0 Å². The standard InChI is InChI=1S/C34H65N/c1-4-6-8-10-12-14-16-18-20-22-24-26-28-30-34(32-35(3)33-34)31-29-27-25-23-21-19-17-15-13-11-9-7-5-2/h12-15H,4-11,16-33H2,1-3H3/b14-12+,15-13+. The van der Waals surface area contributed by atoms with Gasteiger partial charge in [0.2, 0.25) is 0 Å². The van der Waals surface area contributed by atoms with Crippen molar-refractivity contribution in [2.24, 2.45) is 5.41 Å². The van der Waals surface area contributed by atoms with Crippen molar-refractivity contribution in [1.29, 1.82) is 0 Å². The fraction of sp³-hybridized carbons (Fsp3) is 0.882. The van der Waals surface area contributed by atoms with Crippen molar-refractivity contribution >= 4 is 0 Å². The number of nitrogens with zero attached hydrogens (tertiary/aromatic N) is 1. The van der Waals surface area contributed by atoms with Crippen molar-refractivity contribution in [3.05, 3.63) is 24.3 Å². The Labute approximate surface area is 222 Å². The van der Waals surface area contributed by atoms with Gasteiger partial charge in [-0.3, -0.25) is 0 Å². The summed E-state index contributed by atoms with van der Waals surface area (Å²) < 4.78 is 0. The lowest BCUT2D eigenvalue weighted by Crippen LogP contribution is -2.54. The first-order chi connectivity index (χ1) is 17.2. The second kappa shape index (κ2) is 23.8. The highest BCUT2D eigenvalue weighted by Gasteiger charge is 2.39. The van der Waals surface area contributed by atoms with E-state index in [2.05, 4.69) is 50.1 Å². The van der Waals surface area contributed by atoms with Crippen molar-refractivity contribution in [2.75, 3.05) is 20.1 Å². The lowest BCUT2D eigenvalue weighted by molar-refractivity contribution is 0.00256. The summed E-state index contributed by atoms with van der Waals surface area (Å²) in [7, 11) is 2.31. The van der Waals surface area contributed by atoms with Crippen LogP contribution in [0.2, 0.25) is 0 Å². The van der Waals surface area contributed by atoms with Gasteiger partial charge in [0.25, 0.3) is 0 Å². The molecule has 1 fully saturated rings. The van der Waals surface area contributed by atoms with Gasteiger partial charge in [-0.15, -0.1) is 0 Å². The normalized spacial score (nSPS) is 16.0. The Morgan fingerprint density at radius 3 is 1.11 bits per heavy atom. The zero-order chi connectivity index (χ0) is 25.3. The molecule has 0 aromatic rings. The van der Waals surface area contributed by atoms with Gasteiger partial charge in [-0.2, -0.15) is 0 Å². The Hall–Kier alpha value is -0.560. The summed E-state index contributed by atoms with van der Waals surface area (Å²) in [6.45, 7) is 7.30. The Kier molecular flexibility index (Phi) is 22.1. The average Bonchev–Trinajstić information content (AvgIpc) is 2.84. The third-order valence-corrected chi connectivity index (χ3v) is 8.15. The summed E-state index contributed by atoms with van der Waals surface area (Å²) >= 11 is 0. The summed E-state index contributed by atoms with van der Waals surface area (Å²) in [5.74, 6) is 0. The summed E-state index contributed by atoms with van der Waals surface area (Å²) in [4.78, 5) is 2.55. The summed E-state index contributed by atoms with van der Waals surface area (Å²) in [5.41, 5.74) is 0.680. The molecule has 0 radical (unpaired) electrons. The van der Waals surface area contributed by atoms with Gasteiger partial charge in [-0.25, -0.2) is 0 Å². The zero-order valence-corrected chi connectivity index (χ0v) is 24.6. The molecule has 1 nitrogen and oxygen atoms in total.